The second-order valence-corrected chi connectivity index (χ2v) is 5.24. The first-order valence-corrected chi connectivity index (χ1v) is 6.53. The van der Waals surface area contributed by atoms with Crippen molar-refractivity contribution in [1.29, 1.82) is 0 Å². The standard InChI is InChI=1S/C12H18ClN3O2/c1-7-11(13)10(16(2)15-7)6-8-4-3-5-9(14-8)12(17)18/h8-9,14H,3-6H2,1-2H3,(H,17,18). The van der Waals surface area contributed by atoms with E-state index in [2.05, 4.69) is 10.4 Å². The Balaban J connectivity index is 2.07. The number of aryl methyl sites for hydroxylation is 2. The molecule has 0 saturated carbocycles. The second-order valence-electron chi connectivity index (χ2n) is 4.86. The Kier molecular flexibility index (Phi) is 3.92. The molecule has 2 atom stereocenters. The van der Waals surface area contributed by atoms with E-state index in [-0.39, 0.29) is 6.04 Å². The van der Waals surface area contributed by atoms with Crippen molar-refractivity contribution in [3.05, 3.63) is 16.4 Å². The second kappa shape index (κ2) is 5.28. The Hall–Kier alpha value is -1.07. The van der Waals surface area contributed by atoms with Crippen LogP contribution in [0.3, 0.4) is 0 Å². The number of nitrogens with one attached hydrogen (secondary N) is 1. The van der Waals surface area contributed by atoms with E-state index >= 15 is 0 Å². The van der Waals surface area contributed by atoms with Gasteiger partial charge in [-0.05, 0) is 26.2 Å². The molecule has 0 amide bonds. The van der Waals surface area contributed by atoms with Crippen molar-refractivity contribution >= 4 is 17.6 Å². The highest BCUT2D eigenvalue weighted by Gasteiger charge is 2.27. The molecule has 100 valence electrons. The van der Waals surface area contributed by atoms with Crippen LogP contribution in [-0.4, -0.2) is 32.9 Å². The number of carboxylic acids is 1. The van der Waals surface area contributed by atoms with E-state index in [1.165, 1.54) is 0 Å². The summed E-state index contributed by atoms with van der Waals surface area (Å²) in [7, 11) is 1.87. The molecule has 2 unspecified atom stereocenters. The van der Waals surface area contributed by atoms with E-state index in [4.69, 9.17) is 16.7 Å². The zero-order valence-corrected chi connectivity index (χ0v) is 11.4. The van der Waals surface area contributed by atoms with Crippen LogP contribution >= 0.6 is 11.6 Å². The molecule has 5 nitrogen and oxygen atoms in total. The molecule has 0 aliphatic carbocycles. The lowest BCUT2D eigenvalue weighted by Gasteiger charge is -2.28. The third kappa shape index (κ3) is 2.67. The van der Waals surface area contributed by atoms with Gasteiger partial charge in [-0.15, -0.1) is 0 Å². The van der Waals surface area contributed by atoms with E-state index in [0.29, 0.717) is 11.4 Å². The molecular formula is C12H18ClN3O2. The van der Waals surface area contributed by atoms with Gasteiger partial charge in [0, 0.05) is 19.5 Å². The lowest BCUT2D eigenvalue weighted by atomic mass is 9.95. The van der Waals surface area contributed by atoms with E-state index < -0.39 is 12.0 Å². The van der Waals surface area contributed by atoms with Gasteiger partial charge in [0.2, 0.25) is 0 Å². The summed E-state index contributed by atoms with van der Waals surface area (Å²) in [5.74, 6) is -0.771. The highest BCUT2D eigenvalue weighted by Crippen LogP contribution is 2.23. The normalized spacial score (nSPS) is 24.2. The molecule has 1 aromatic rings. The molecule has 6 heteroatoms. The molecule has 0 spiro atoms. The molecule has 1 fully saturated rings. The number of hydrogen-bond acceptors (Lipinski definition) is 3. The average Bonchev–Trinajstić information content (AvgIpc) is 2.56. The van der Waals surface area contributed by atoms with Gasteiger partial charge in [-0.25, -0.2) is 0 Å². The number of piperidine rings is 1. The molecule has 0 aromatic carbocycles. The maximum atomic E-state index is 11.0. The van der Waals surface area contributed by atoms with Crippen molar-refractivity contribution in [2.45, 2.75) is 44.7 Å². The summed E-state index contributed by atoms with van der Waals surface area (Å²) in [6.07, 6.45) is 3.33. The first kappa shape index (κ1) is 13.4. The van der Waals surface area contributed by atoms with Gasteiger partial charge in [-0.2, -0.15) is 5.10 Å². The van der Waals surface area contributed by atoms with E-state index in [1.807, 2.05) is 14.0 Å². The van der Waals surface area contributed by atoms with Crippen LogP contribution in [0.15, 0.2) is 0 Å². The van der Waals surface area contributed by atoms with Crippen molar-refractivity contribution in [1.82, 2.24) is 15.1 Å². The number of rotatable bonds is 3. The van der Waals surface area contributed by atoms with Crippen molar-refractivity contribution in [2.24, 2.45) is 7.05 Å². The molecule has 0 bridgehead atoms. The molecule has 1 aliphatic rings. The number of carboxylic acid groups (broad SMARTS) is 1. The van der Waals surface area contributed by atoms with Crippen LogP contribution in [0.5, 0.6) is 0 Å². The molecule has 18 heavy (non-hydrogen) atoms. The number of aromatic nitrogens is 2. The molecule has 1 aliphatic heterocycles. The minimum atomic E-state index is -0.771. The number of hydrogen-bond donors (Lipinski definition) is 2. The molecule has 2 N–H and O–H groups in total. The Morgan fingerprint density at radius 2 is 2.33 bits per heavy atom. The Labute approximate surface area is 111 Å². The molecule has 2 rings (SSSR count). The van der Waals surface area contributed by atoms with Gasteiger partial charge in [-0.1, -0.05) is 11.6 Å². The fourth-order valence-corrected chi connectivity index (χ4v) is 2.75. The summed E-state index contributed by atoms with van der Waals surface area (Å²) in [5.41, 5.74) is 1.79. The van der Waals surface area contributed by atoms with Gasteiger partial charge >= 0.3 is 5.97 Å². The summed E-state index contributed by atoms with van der Waals surface area (Å²) in [6.45, 7) is 1.88. The van der Waals surface area contributed by atoms with Crippen molar-refractivity contribution in [2.75, 3.05) is 0 Å². The van der Waals surface area contributed by atoms with Crippen LogP contribution in [0.1, 0.15) is 30.7 Å². The lowest BCUT2D eigenvalue weighted by Crippen LogP contribution is -2.47. The van der Waals surface area contributed by atoms with Gasteiger partial charge in [0.15, 0.2) is 0 Å². The third-order valence-electron chi connectivity index (χ3n) is 3.48. The fraction of sp³-hybridized carbons (Fsp3) is 0.667. The van der Waals surface area contributed by atoms with Crippen molar-refractivity contribution < 1.29 is 9.90 Å². The number of carbonyl (C=O) groups is 1. The minimum absolute atomic E-state index is 0.159. The average molecular weight is 272 g/mol. The topological polar surface area (TPSA) is 67.2 Å². The van der Waals surface area contributed by atoms with Crippen molar-refractivity contribution in [3.63, 3.8) is 0 Å². The van der Waals surface area contributed by atoms with Gasteiger partial charge in [-0.3, -0.25) is 9.48 Å². The maximum Gasteiger partial charge on any atom is 0.320 e. The zero-order valence-electron chi connectivity index (χ0n) is 10.6. The van der Waals surface area contributed by atoms with E-state index in [0.717, 1.165) is 30.7 Å². The summed E-state index contributed by atoms with van der Waals surface area (Å²) in [4.78, 5) is 11.0. The molecule has 2 heterocycles. The first-order valence-electron chi connectivity index (χ1n) is 6.16. The van der Waals surface area contributed by atoms with Gasteiger partial charge in [0.25, 0.3) is 0 Å². The smallest absolute Gasteiger partial charge is 0.320 e. The van der Waals surface area contributed by atoms with E-state index in [9.17, 15) is 4.79 Å². The van der Waals surface area contributed by atoms with Crippen LogP contribution in [0.4, 0.5) is 0 Å². The largest absolute Gasteiger partial charge is 0.480 e. The van der Waals surface area contributed by atoms with Crippen LogP contribution in [0, 0.1) is 6.92 Å². The van der Waals surface area contributed by atoms with Crippen LogP contribution < -0.4 is 5.32 Å². The summed E-state index contributed by atoms with van der Waals surface area (Å²) >= 11 is 6.20. The Morgan fingerprint density at radius 3 is 2.89 bits per heavy atom. The van der Waals surface area contributed by atoms with Crippen LogP contribution in [-0.2, 0) is 18.3 Å². The first-order chi connectivity index (χ1) is 8.49. The Morgan fingerprint density at radius 1 is 1.61 bits per heavy atom. The highest BCUT2D eigenvalue weighted by atomic mass is 35.5. The van der Waals surface area contributed by atoms with Gasteiger partial charge in [0.05, 0.1) is 16.4 Å². The number of nitrogens with zero attached hydrogens (tertiary/aromatic N) is 2. The Bertz CT molecular complexity index is 458. The van der Waals surface area contributed by atoms with Crippen molar-refractivity contribution in [3.8, 4) is 0 Å². The van der Waals surface area contributed by atoms with Gasteiger partial charge in [0.1, 0.15) is 6.04 Å². The summed E-state index contributed by atoms with van der Waals surface area (Å²) < 4.78 is 1.78. The van der Waals surface area contributed by atoms with Crippen LogP contribution in [0.2, 0.25) is 5.02 Å². The molecule has 0 radical (unpaired) electrons. The quantitative estimate of drug-likeness (QED) is 0.875. The zero-order chi connectivity index (χ0) is 13.3. The van der Waals surface area contributed by atoms with Gasteiger partial charge < -0.3 is 10.4 Å². The summed E-state index contributed by atoms with van der Waals surface area (Å²) in [5, 5.41) is 17.2. The van der Waals surface area contributed by atoms with E-state index in [1.54, 1.807) is 4.68 Å². The fourth-order valence-electron chi connectivity index (χ4n) is 2.51. The maximum absolute atomic E-state index is 11.0. The molecule has 1 saturated heterocycles. The molecule has 1 aromatic heterocycles. The predicted molar refractivity (Wildman–Crippen MR) is 68.9 cm³/mol. The van der Waals surface area contributed by atoms with Crippen LogP contribution in [0.25, 0.3) is 0 Å². The minimum Gasteiger partial charge on any atom is -0.480 e. The predicted octanol–water partition coefficient (Wildman–Crippen LogP) is 1.52. The lowest BCUT2D eigenvalue weighted by molar-refractivity contribution is -0.140. The summed E-state index contributed by atoms with van der Waals surface area (Å²) in [6, 6.07) is -0.274. The highest BCUT2D eigenvalue weighted by molar-refractivity contribution is 6.31. The SMILES string of the molecule is Cc1nn(C)c(CC2CCCC(C(=O)O)N2)c1Cl. The molecular weight excluding hydrogens is 254 g/mol. The third-order valence-corrected chi connectivity index (χ3v) is 3.97. The monoisotopic (exact) mass is 271 g/mol. The number of aliphatic carboxylic acids is 1. The number of halogens is 1.